The molecule has 7 heteroatoms. The molecule has 0 radical (unpaired) electrons. The zero-order valence-corrected chi connectivity index (χ0v) is 41.1. The molecule has 356 valence electrons. The van der Waals surface area contributed by atoms with Gasteiger partial charge in [0.05, 0.1) is 56.6 Å². The lowest BCUT2D eigenvalue weighted by atomic mass is 9.89. The Morgan fingerprint density at radius 3 is 1.42 bits per heavy atom. The lowest BCUT2D eigenvalue weighted by Crippen LogP contribution is -2.31. The average Bonchev–Trinajstić information content (AvgIpc) is 4.25. The van der Waals surface area contributed by atoms with Crippen LogP contribution < -0.4 is 4.90 Å². The van der Waals surface area contributed by atoms with Crippen molar-refractivity contribution in [3.63, 3.8) is 0 Å². The number of fused-ring (bicyclic) bond motifs is 10. The molecule has 0 fully saturated rings. The molecule has 0 N–H and O–H groups in total. The van der Waals surface area contributed by atoms with Crippen LogP contribution in [0.1, 0.15) is 17.2 Å². The van der Waals surface area contributed by atoms with E-state index >= 15 is 0 Å². The second-order valence-corrected chi connectivity index (χ2v) is 19.7. The van der Waals surface area contributed by atoms with Crippen molar-refractivity contribution in [1.29, 1.82) is 5.26 Å². The minimum absolute atomic E-state index is 0.175. The minimum Gasteiger partial charge on any atom is -0.301 e. The first-order chi connectivity index (χ1) is 37.7. The molecule has 0 spiro atoms. The molecule has 13 aromatic rings. The van der Waals surface area contributed by atoms with Crippen LogP contribution in [0.25, 0.3) is 106 Å². The molecule has 2 unspecified atom stereocenters. The molecule has 4 heterocycles. The largest absolute Gasteiger partial charge is 0.301 e. The molecule has 2 aliphatic rings. The first-order valence-corrected chi connectivity index (χ1v) is 25.8. The molecular formula is C69H45N7. The van der Waals surface area contributed by atoms with E-state index in [1.54, 1.807) is 0 Å². The topological polar surface area (TPSA) is 67.1 Å². The molecule has 7 nitrogen and oxygen atoms in total. The van der Waals surface area contributed by atoms with Crippen LogP contribution in [-0.2, 0) is 0 Å². The number of hydrogen-bond donors (Lipinski definition) is 0. The normalized spacial score (nSPS) is 14.8. The monoisotopic (exact) mass is 971 g/mol. The summed E-state index contributed by atoms with van der Waals surface area (Å²) in [5.74, 6) is 1.48. The molecule has 15 rings (SSSR count). The van der Waals surface area contributed by atoms with Gasteiger partial charge in [0.2, 0.25) is 11.7 Å². The quantitative estimate of drug-likeness (QED) is 0.152. The maximum Gasteiger partial charge on any atom is 0.220 e. The van der Waals surface area contributed by atoms with Crippen LogP contribution in [-0.4, -0.2) is 29.5 Å². The summed E-state index contributed by atoms with van der Waals surface area (Å²) in [6.07, 6.45) is 6.95. The van der Waals surface area contributed by atoms with Crippen LogP contribution in [0.5, 0.6) is 0 Å². The summed E-state index contributed by atoms with van der Waals surface area (Å²) < 4.78 is 6.94. The Bertz CT molecular complexity index is 4510. The van der Waals surface area contributed by atoms with E-state index in [9.17, 15) is 5.26 Å². The van der Waals surface area contributed by atoms with Gasteiger partial charge in [-0.3, -0.25) is 8.97 Å². The highest BCUT2D eigenvalue weighted by atomic mass is 15.4. The van der Waals surface area contributed by atoms with Gasteiger partial charge in [0.1, 0.15) is 11.6 Å². The Labute approximate surface area is 439 Å². The van der Waals surface area contributed by atoms with Gasteiger partial charge in [-0.05, 0) is 98.1 Å². The van der Waals surface area contributed by atoms with Gasteiger partial charge in [-0.15, -0.1) is 0 Å². The van der Waals surface area contributed by atoms with Gasteiger partial charge in [-0.1, -0.05) is 218 Å². The van der Waals surface area contributed by atoms with Crippen LogP contribution in [0.2, 0.25) is 0 Å². The number of allylic oxidation sites excluding steroid dienone is 2. The lowest BCUT2D eigenvalue weighted by molar-refractivity contribution is 0.626. The predicted octanol–water partition coefficient (Wildman–Crippen LogP) is 16.7. The summed E-state index contributed by atoms with van der Waals surface area (Å²) >= 11 is 0. The van der Waals surface area contributed by atoms with Crippen LogP contribution in [0.15, 0.2) is 261 Å². The van der Waals surface area contributed by atoms with Gasteiger partial charge in [0.25, 0.3) is 0 Å². The highest BCUT2D eigenvalue weighted by Gasteiger charge is 2.44. The van der Waals surface area contributed by atoms with Crippen LogP contribution in [0.3, 0.4) is 0 Å². The maximum atomic E-state index is 12.4. The number of rotatable bonds is 8. The molecule has 3 aromatic heterocycles. The van der Waals surface area contributed by atoms with E-state index in [-0.39, 0.29) is 12.1 Å². The van der Waals surface area contributed by atoms with Crippen molar-refractivity contribution in [3.05, 3.63) is 272 Å². The molecule has 0 saturated carbocycles. The highest BCUT2D eigenvalue weighted by Crippen LogP contribution is 2.53. The Kier molecular flexibility index (Phi) is 9.94. The van der Waals surface area contributed by atoms with Crippen LogP contribution >= 0.6 is 0 Å². The number of imidazole rings is 3. The third-order valence-electron chi connectivity index (χ3n) is 15.4. The minimum atomic E-state index is -0.245. The Morgan fingerprint density at radius 2 is 0.868 bits per heavy atom. The van der Waals surface area contributed by atoms with Gasteiger partial charge >= 0.3 is 0 Å². The Hall–Kier alpha value is -10.3. The van der Waals surface area contributed by atoms with Crippen molar-refractivity contribution in [2.24, 2.45) is 0 Å². The summed E-state index contributed by atoms with van der Waals surface area (Å²) in [5.41, 5.74) is 20.4. The fourth-order valence-corrected chi connectivity index (χ4v) is 11.9. The van der Waals surface area contributed by atoms with E-state index in [0.717, 1.165) is 117 Å². The zero-order chi connectivity index (χ0) is 50.3. The van der Waals surface area contributed by atoms with E-state index in [1.807, 2.05) is 6.07 Å². The third-order valence-corrected chi connectivity index (χ3v) is 15.4. The number of aromatic nitrogens is 5. The van der Waals surface area contributed by atoms with E-state index in [2.05, 4.69) is 279 Å². The molecule has 1 aliphatic carbocycles. The van der Waals surface area contributed by atoms with Crippen molar-refractivity contribution in [2.45, 2.75) is 12.1 Å². The molecule has 76 heavy (non-hydrogen) atoms. The third kappa shape index (κ3) is 6.82. The van der Waals surface area contributed by atoms with Gasteiger partial charge in [-0.2, -0.15) is 5.26 Å². The molecular weight excluding hydrogens is 927 g/mol. The number of benzene rings is 10. The van der Waals surface area contributed by atoms with Crippen molar-refractivity contribution in [3.8, 4) is 67.4 Å². The first kappa shape index (κ1) is 43.3. The highest BCUT2D eigenvalue weighted by molar-refractivity contribution is 6.02. The van der Waals surface area contributed by atoms with E-state index < -0.39 is 0 Å². The summed E-state index contributed by atoms with van der Waals surface area (Å²) in [4.78, 5) is 13.5. The Balaban J connectivity index is 1.06. The number of hydrogen-bond acceptors (Lipinski definition) is 4. The number of anilines is 2. The van der Waals surface area contributed by atoms with Gasteiger partial charge in [0.15, 0.2) is 0 Å². The number of nitrogens with zero attached hydrogens (tertiary/aromatic N) is 7. The SMILES string of the molecule is N#Cc1c(N2c3nc4ccc(-c5ccccc5)cc4n3C3C=C(c4ccccc4)C=CC32)c(-c2ccccc2)cc(-c2ccccc2)c1-n1c2ccc(-c3ccccc3)cc2n2c3cc(-c4ccccc4)ccc3nc12. The van der Waals surface area contributed by atoms with Crippen LogP contribution in [0.4, 0.5) is 11.6 Å². The van der Waals surface area contributed by atoms with Gasteiger partial charge in [-0.25, -0.2) is 9.97 Å². The van der Waals surface area contributed by atoms with E-state index in [1.165, 1.54) is 0 Å². The van der Waals surface area contributed by atoms with Crippen LogP contribution in [0, 0.1) is 11.3 Å². The van der Waals surface area contributed by atoms with Crippen molar-refractivity contribution < 1.29 is 0 Å². The smallest absolute Gasteiger partial charge is 0.220 e. The maximum absolute atomic E-state index is 12.4. The zero-order valence-electron chi connectivity index (χ0n) is 41.1. The Morgan fingerprint density at radius 1 is 0.395 bits per heavy atom. The molecule has 0 saturated heterocycles. The molecule has 10 aromatic carbocycles. The van der Waals surface area contributed by atoms with E-state index in [4.69, 9.17) is 9.97 Å². The summed E-state index contributed by atoms with van der Waals surface area (Å²) in [5, 5.41) is 12.4. The van der Waals surface area contributed by atoms with Gasteiger partial charge in [0, 0.05) is 11.1 Å². The standard InChI is InChI=1S/C69H45N7/c70-44-57-66(75-60-37-33-53(47-23-11-3-12-24-47)41-64(60)73-62-39-51(45-19-7-1-8-20-45)31-35-58(62)71-68(73)75)55(49-27-15-5-16-28-49)43-56(50-29-17-6-18-30-50)67(57)76-61-38-34-54(48-25-13-4-14-26-48)42-65(61)74-63-40-52(46-21-9-2-10-22-46)32-36-59(63)72-69(74)76/h1-43,60,64H. The fraction of sp³-hybridized carbons (Fsp3) is 0.0290. The fourth-order valence-electron chi connectivity index (χ4n) is 11.9. The first-order valence-electron chi connectivity index (χ1n) is 25.8. The van der Waals surface area contributed by atoms with Crippen molar-refractivity contribution >= 4 is 56.1 Å². The average molecular weight is 972 g/mol. The summed E-state index contributed by atoms with van der Waals surface area (Å²) in [6, 6.07) is 87.8. The van der Waals surface area contributed by atoms with E-state index in [0.29, 0.717) is 11.3 Å². The second-order valence-electron chi connectivity index (χ2n) is 19.7. The second kappa shape index (κ2) is 17.4. The molecule has 0 amide bonds. The number of nitriles is 1. The molecule has 2 atom stereocenters. The van der Waals surface area contributed by atoms with Crippen molar-refractivity contribution in [2.75, 3.05) is 4.90 Å². The van der Waals surface area contributed by atoms with Gasteiger partial charge < -0.3 is 9.47 Å². The summed E-state index contributed by atoms with van der Waals surface area (Å²) in [6.45, 7) is 0. The van der Waals surface area contributed by atoms with Crippen molar-refractivity contribution in [1.82, 2.24) is 23.5 Å². The molecule has 1 aliphatic heterocycles. The summed E-state index contributed by atoms with van der Waals surface area (Å²) in [7, 11) is 0. The lowest BCUT2D eigenvalue weighted by Gasteiger charge is -2.32. The predicted molar refractivity (Wildman–Crippen MR) is 310 cm³/mol. The molecule has 0 bridgehead atoms.